The van der Waals surface area contributed by atoms with Gasteiger partial charge in [0.1, 0.15) is 0 Å². The van der Waals surface area contributed by atoms with E-state index in [0.717, 1.165) is 11.1 Å². The molecule has 12 aromatic rings. The van der Waals surface area contributed by atoms with Gasteiger partial charge in [0.05, 0.1) is 0 Å². The van der Waals surface area contributed by atoms with Crippen LogP contribution >= 0.6 is 0 Å². The molecule has 0 amide bonds. The zero-order chi connectivity index (χ0) is 43.8. The highest BCUT2D eigenvalue weighted by atomic mass is 14.2. The Balaban J connectivity index is 0.844. The molecule has 12 aromatic carbocycles. The maximum Gasteiger partial charge on any atom is -0.00201 e. The van der Waals surface area contributed by atoms with Gasteiger partial charge in [0.15, 0.2) is 0 Å². The summed E-state index contributed by atoms with van der Waals surface area (Å²) in [7, 11) is 0. The van der Waals surface area contributed by atoms with Gasteiger partial charge >= 0.3 is 0 Å². The fraction of sp³-hybridized carbons (Fsp3) is 0. The van der Waals surface area contributed by atoms with E-state index >= 15 is 0 Å². The second-order valence-electron chi connectivity index (χ2n) is 17.1. The lowest BCUT2D eigenvalue weighted by atomic mass is 9.84. The van der Waals surface area contributed by atoms with Gasteiger partial charge in [0.25, 0.3) is 0 Å². The molecule has 0 heterocycles. The van der Waals surface area contributed by atoms with Gasteiger partial charge in [-0.2, -0.15) is 0 Å². The van der Waals surface area contributed by atoms with Crippen molar-refractivity contribution in [2.75, 3.05) is 0 Å². The molecule has 0 aromatic heterocycles. The zero-order valence-electron chi connectivity index (χ0n) is 36.4. The van der Waals surface area contributed by atoms with Crippen molar-refractivity contribution < 1.29 is 0 Å². The topological polar surface area (TPSA) is 0 Å². The fourth-order valence-electron chi connectivity index (χ4n) is 10.3. The summed E-state index contributed by atoms with van der Waals surface area (Å²) in [4.78, 5) is 0. The van der Waals surface area contributed by atoms with Crippen molar-refractivity contribution in [2.24, 2.45) is 0 Å². The molecule has 0 nitrogen and oxygen atoms in total. The van der Waals surface area contributed by atoms with Crippen molar-refractivity contribution in [3.63, 3.8) is 0 Å². The van der Waals surface area contributed by atoms with E-state index in [1.165, 1.54) is 110 Å². The highest BCUT2D eigenvalue weighted by molar-refractivity contribution is 6.23. The average Bonchev–Trinajstić information content (AvgIpc) is 3.39. The van der Waals surface area contributed by atoms with Crippen LogP contribution in [0.2, 0.25) is 0 Å². The summed E-state index contributed by atoms with van der Waals surface area (Å²) in [5.74, 6) is 0. The van der Waals surface area contributed by atoms with Gasteiger partial charge in [-0.25, -0.2) is 0 Å². The monoisotopic (exact) mass is 836 g/mol. The molecule has 0 aliphatic carbocycles. The van der Waals surface area contributed by atoms with E-state index in [1.807, 2.05) is 0 Å². The smallest absolute Gasteiger partial charge is 0.00201 e. The van der Waals surface area contributed by atoms with Gasteiger partial charge in [0.2, 0.25) is 0 Å². The fourth-order valence-corrected chi connectivity index (χ4v) is 10.3. The van der Waals surface area contributed by atoms with Crippen LogP contribution in [0.4, 0.5) is 0 Å². The molecule has 0 saturated carbocycles. The largest absolute Gasteiger partial charge is 0.0622 e. The average molecular weight is 837 g/mol. The minimum atomic E-state index is 1.16. The summed E-state index contributed by atoms with van der Waals surface area (Å²) in [6.07, 6.45) is 4.45. The minimum absolute atomic E-state index is 1.16. The molecule has 12 rings (SSSR count). The first-order chi connectivity index (χ1) is 32.8. The number of hydrogen-bond donors (Lipinski definition) is 0. The second-order valence-corrected chi connectivity index (χ2v) is 17.1. The molecule has 0 saturated heterocycles. The molecule has 0 unspecified atom stereocenters. The molecule has 0 bridgehead atoms. The lowest BCUT2D eigenvalue weighted by Crippen LogP contribution is -1.92. The van der Waals surface area contributed by atoms with Crippen LogP contribution in [0.5, 0.6) is 0 Å². The normalized spacial score (nSPS) is 11.6. The number of rotatable bonds is 8. The molecule has 0 atom stereocenters. The Kier molecular flexibility index (Phi) is 9.97. The lowest BCUT2D eigenvalue weighted by molar-refractivity contribution is 1.58. The van der Waals surface area contributed by atoms with Crippen molar-refractivity contribution in [3.05, 3.63) is 266 Å². The first kappa shape index (κ1) is 39.0. The first-order valence-electron chi connectivity index (χ1n) is 22.8. The van der Waals surface area contributed by atoms with E-state index in [0.29, 0.717) is 0 Å². The van der Waals surface area contributed by atoms with Crippen LogP contribution in [0.25, 0.3) is 122 Å². The van der Waals surface area contributed by atoms with Gasteiger partial charge in [-0.1, -0.05) is 261 Å². The number of hydrogen-bond acceptors (Lipinski definition) is 0. The Morgan fingerprint density at radius 1 is 0.182 bits per heavy atom. The van der Waals surface area contributed by atoms with Gasteiger partial charge in [0, 0.05) is 0 Å². The standard InChI is InChI=1S/C66H44/c1-3-19-49(20-4-1)63-55-26-9-11-28-57(55)65(58-29-12-10-27-56(58)63)51-42-40-48(41-43-51)47-38-36-45(37-39-47)34-35-46-18-17-23-52(44-46)53-24-7-8-25-54(53)66-61-32-15-13-30-59(61)64(50-21-5-2-6-22-50)60-31-14-16-33-62(60)66/h1-44H. The third-order valence-corrected chi connectivity index (χ3v) is 13.3. The summed E-state index contributed by atoms with van der Waals surface area (Å²) in [5.41, 5.74) is 17.2. The Morgan fingerprint density at radius 2 is 0.500 bits per heavy atom. The molecule has 0 radical (unpaired) electrons. The Morgan fingerprint density at radius 3 is 0.955 bits per heavy atom. The predicted molar refractivity (Wildman–Crippen MR) is 284 cm³/mol. The summed E-state index contributed by atoms with van der Waals surface area (Å²) in [6.45, 7) is 0. The maximum atomic E-state index is 2.32. The van der Waals surface area contributed by atoms with Crippen molar-refractivity contribution in [2.45, 2.75) is 0 Å². The van der Waals surface area contributed by atoms with Gasteiger partial charge in [-0.3, -0.25) is 0 Å². The Bertz CT molecular complexity index is 3650. The molecule has 0 spiro atoms. The molecular formula is C66H44. The van der Waals surface area contributed by atoms with Gasteiger partial charge < -0.3 is 0 Å². The predicted octanol–water partition coefficient (Wildman–Crippen LogP) is 18.5. The Hall–Kier alpha value is -8.58. The summed E-state index contributed by atoms with van der Waals surface area (Å²) in [6, 6.07) is 92.9. The molecule has 0 heteroatoms. The van der Waals surface area contributed by atoms with Crippen LogP contribution in [0.1, 0.15) is 11.1 Å². The van der Waals surface area contributed by atoms with Crippen LogP contribution in [-0.4, -0.2) is 0 Å². The van der Waals surface area contributed by atoms with Crippen LogP contribution in [0, 0.1) is 0 Å². The maximum absolute atomic E-state index is 2.32. The third kappa shape index (κ3) is 6.97. The molecule has 0 aliphatic heterocycles. The molecule has 0 fully saturated rings. The highest BCUT2D eigenvalue weighted by Crippen LogP contribution is 2.47. The van der Waals surface area contributed by atoms with Crippen LogP contribution in [0.3, 0.4) is 0 Å². The first-order valence-corrected chi connectivity index (χ1v) is 22.8. The van der Waals surface area contributed by atoms with Crippen molar-refractivity contribution in [1.29, 1.82) is 0 Å². The van der Waals surface area contributed by atoms with Crippen LogP contribution in [0.15, 0.2) is 255 Å². The van der Waals surface area contributed by atoms with Crippen LogP contribution in [-0.2, 0) is 0 Å². The molecule has 66 heavy (non-hydrogen) atoms. The van der Waals surface area contributed by atoms with Gasteiger partial charge in [-0.05, 0) is 127 Å². The summed E-state index contributed by atoms with van der Waals surface area (Å²) >= 11 is 0. The summed E-state index contributed by atoms with van der Waals surface area (Å²) in [5, 5.41) is 10.1. The van der Waals surface area contributed by atoms with E-state index in [-0.39, 0.29) is 0 Å². The van der Waals surface area contributed by atoms with E-state index < -0.39 is 0 Å². The van der Waals surface area contributed by atoms with Crippen molar-refractivity contribution in [3.8, 4) is 66.8 Å². The van der Waals surface area contributed by atoms with E-state index in [1.54, 1.807) is 0 Å². The van der Waals surface area contributed by atoms with E-state index in [4.69, 9.17) is 0 Å². The zero-order valence-corrected chi connectivity index (χ0v) is 36.4. The lowest BCUT2D eigenvalue weighted by Gasteiger charge is -2.19. The van der Waals surface area contributed by atoms with Gasteiger partial charge in [-0.15, -0.1) is 0 Å². The van der Waals surface area contributed by atoms with E-state index in [9.17, 15) is 0 Å². The molecule has 0 N–H and O–H groups in total. The van der Waals surface area contributed by atoms with Crippen molar-refractivity contribution >= 4 is 55.2 Å². The van der Waals surface area contributed by atoms with Crippen LogP contribution < -0.4 is 0 Å². The highest BCUT2D eigenvalue weighted by Gasteiger charge is 2.19. The molecular weight excluding hydrogens is 793 g/mol. The van der Waals surface area contributed by atoms with Crippen molar-refractivity contribution in [1.82, 2.24) is 0 Å². The molecule has 308 valence electrons. The summed E-state index contributed by atoms with van der Waals surface area (Å²) < 4.78 is 0. The quantitative estimate of drug-likeness (QED) is 0.106. The minimum Gasteiger partial charge on any atom is -0.0622 e. The SMILES string of the molecule is C(=Cc1cccc(-c2ccccc2-c2c3ccccc3c(-c3ccccc3)c3ccccc23)c1)c1ccc(-c2ccc(-c3c4ccccc4c(-c4ccccc4)c4ccccc34)cc2)cc1. The second kappa shape index (κ2) is 16.8. The van der Waals surface area contributed by atoms with E-state index in [2.05, 4.69) is 267 Å². The number of fused-ring (bicyclic) bond motifs is 4. The Labute approximate surface area is 386 Å². The molecule has 0 aliphatic rings. The number of benzene rings is 12. The third-order valence-electron chi connectivity index (χ3n) is 13.3.